The zero-order chi connectivity index (χ0) is 9.61. The summed E-state index contributed by atoms with van der Waals surface area (Å²) in [5.74, 6) is 0. The third-order valence-corrected chi connectivity index (χ3v) is 3.63. The first kappa shape index (κ1) is 11.9. The van der Waals surface area contributed by atoms with Crippen LogP contribution in [0.2, 0.25) is 0 Å². The van der Waals surface area contributed by atoms with E-state index >= 15 is 0 Å². The van der Waals surface area contributed by atoms with Crippen molar-refractivity contribution >= 4 is 10.1 Å². The number of unbranched alkanes of at least 4 members (excludes halogenated alkanes) is 1. The van der Waals surface area contributed by atoms with Crippen LogP contribution in [0.3, 0.4) is 0 Å². The molecule has 74 valence electrons. The normalized spacial score (nSPS) is 14.6. The SMILES string of the molecule is CCCCOS(=O)(=O)C(C)CC. The van der Waals surface area contributed by atoms with Gasteiger partial charge in [0, 0.05) is 0 Å². The van der Waals surface area contributed by atoms with E-state index in [1.807, 2.05) is 13.8 Å². The van der Waals surface area contributed by atoms with Crippen molar-refractivity contribution in [1.29, 1.82) is 0 Å². The van der Waals surface area contributed by atoms with Crippen molar-refractivity contribution < 1.29 is 12.6 Å². The molecule has 0 amide bonds. The van der Waals surface area contributed by atoms with E-state index in [1.54, 1.807) is 6.92 Å². The molecule has 12 heavy (non-hydrogen) atoms. The topological polar surface area (TPSA) is 43.4 Å². The van der Waals surface area contributed by atoms with Gasteiger partial charge in [-0.1, -0.05) is 20.3 Å². The Balaban J connectivity index is 3.88. The fourth-order valence-corrected chi connectivity index (χ4v) is 1.63. The number of rotatable bonds is 6. The molecular weight excluding hydrogens is 176 g/mol. The lowest BCUT2D eigenvalue weighted by Gasteiger charge is -2.09. The second kappa shape index (κ2) is 5.54. The Morgan fingerprint density at radius 3 is 2.33 bits per heavy atom. The molecule has 0 rings (SSSR count). The van der Waals surface area contributed by atoms with Crippen molar-refractivity contribution in [3.63, 3.8) is 0 Å². The molecule has 0 aliphatic heterocycles. The fourth-order valence-electron chi connectivity index (χ4n) is 0.640. The minimum absolute atomic E-state index is 0.323. The molecule has 0 aromatic heterocycles. The van der Waals surface area contributed by atoms with Crippen LogP contribution in [0.4, 0.5) is 0 Å². The van der Waals surface area contributed by atoms with Crippen LogP contribution in [-0.2, 0) is 14.3 Å². The largest absolute Gasteiger partial charge is 0.270 e. The average molecular weight is 194 g/mol. The highest BCUT2D eigenvalue weighted by Crippen LogP contribution is 2.07. The molecule has 1 atom stereocenters. The lowest BCUT2D eigenvalue weighted by molar-refractivity contribution is 0.305. The fraction of sp³-hybridized carbons (Fsp3) is 1.00. The Labute approximate surface area is 75.2 Å². The van der Waals surface area contributed by atoms with Crippen LogP contribution >= 0.6 is 0 Å². The molecule has 0 aromatic carbocycles. The highest BCUT2D eigenvalue weighted by atomic mass is 32.2. The summed E-state index contributed by atoms with van der Waals surface area (Å²) in [6.07, 6.45) is 2.36. The van der Waals surface area contributed by atoms with Crippen LogP contribution in [0.1, 0.15) is 40.0 Å². The van der Waals surface area contributed by atoms with Crippen molar-refractivity contribution in [2.24, 2.45) is 0 Å². The van der Waals surface area contributed by atoms with Crippen LogP contribution in [0, 0.1) is 0 Å². The Morgan fingerprint density at radius 2 is 1.92 bits per heavy atom. The molecule has 3 nitrogen and oxygen atoms in total. The van der Waals surface area contributed by atoms with E-state index in [4.69, 9.17) is 4.18 Å². The Morgan fingerprint density at radius 1 is 1.33 bits per heavy atom. The molecule has 0 aliphatic carbocycles. The Hall–Kier alpha value is -0.0900. The van der Waals surface area contributed by atoms with Crippen LogP contribution < -0.4 is 0 Å². The van der Waals surface area contributed by atoms with Crippen LogP contribution in [-0.4, -0.2) is 20.3 Å². The maximum Gasteiger partial charge on any atom is 0.269 e. The highest BCUT2D eigenvalue weighted by Gasteiger charge is 2.18. The number of hydrogen-bond donors (Lipinski definition) is 0. The molecule has 0 radical (unpaired) electrons. The third-order valence-electron chi connectivity index (χ3n) is 1.81. The van der Waals surface area contributed by atoms with Gasteiger partial charge in [-0.25, -0.2) is 0 Å². The zero-order valence-corrected chi connectivity index (χ0v) is 8.86. The van der Waals surface area contributed by atoms with Gasteiger partial charge in [-0.05, 0) is 19.8 Å². The van der Waals surface area contributed by atoms with Crippen molar-refractivity contribution in [3.05, 3.63) is 0 Å². The van der Waals surface area contributed by atoms with E-state index in [0.29, 0.717) is 13.0 Å². The van der Waals surface area contributed by atoms with Gasteiger partial charge in [-0.15, -0.1) is 0 Å². The van der Waals surface area contributed by atoms with Gasteiger partial charge in [0.15, 0.2) is 0 Å². The van der Waals surface area contributed by atoms with Gasteiger partial charge in [-0.2, -0.15) is 8.42 Å². The Kier molecular flexibility index (Phi) is 5.50. The lowest BCUT2D eigenvalue weighted by Crippen LogP contribution is -2.20. The molecule has 1 unspecified atom stereocenters. The van der Waals surface area contributed by atoms with Gasteiger partial charge in [-0.3, -0.25) is 4.18 Å². The van der Waals surface area contributed by atoms with E-state index in [1.165, 1.54) is 0 Å². The minimum atomic E-state index is -3.28. The van der Waals surface area contributed by atoms with Crippen molar-refractivity contribution in [3.8, 4) is 0 Å². The Bertz CT molecular complexity index is 196. The van der Waals surface area contributed by atoms with E-state index in [-0.39, 0.29) is 5.25 Å². The summed E-state index contributed by atoms with van der Waals surface area (Å²) in [6.45, 7) is 5.83. The van der Waals surface area contributed by atoms with E-state index < -0.39 is 10.1 Å². The van der Waals surface area contributed by atoms with Crippen molar-refractivity contribution in [2.75, 3.05) is 6.61 Å². The summed E-state index contributed by atoms with van der Waals surface area (Å²) in [6, 6.07) is 0. The maximum absolute atomic E-state index is 11.2. The average Bonchev–Trinajstić information content (AvgIpc) is 2.03. The smallest absolute Gasteiger partial charge is 0.269 e. The van der Waals surface area contributed by atoms with Crippen LogP contribution in [0.15, 0.2) is 0 Å². The van der Waals surface area contributed by atoms with E-state index in [9.17, 15) is 8.42 Å². The van der Waals surface area contributed by atoms with Gasteiger partial charge in [0.2, 0.25) is 0 Å². The molecule has 0 N–H and O–H groups in total. The van der Waals surface area contributed by atoms with Gasteiger partial charge in [0.05, 0.1) is 11.9 Å². The predicted octanol–water partition coefficient (Wildman–Crippen LogP) is 1.93. The monoisotopic (exact) mass is 194 g/mol. The molecule has 0 heterocycles. The molecular formula is C8H18O3S. The molecule has 0 fully saturated rings. The molecule has 0 saturated carbocycles. The molecule has 4 heteroatoms. The molecule has 0 aliphatic rings. The first-order chi connectivity index (χ1) is 5.54. The van der Waals surface area contributed by atoms with E-state index in [0.717, 1.165) is 12.8 Å². The predicted molar refractivity (Wildman–Crippen MR) is 49.5 cm³/mol. The number of hydrogen-bond acceptors (Lipinski definition) is 3. The second-order valence-electron chi connectivity index (χ2n) is 2.89. The first-order valence-electron chi connectivity index (χ1n) is 4.42. The summed E-state index contributed by atoms with van der Waals surface area (Å²) in [5, 5.41) is -0.380. The van der Waals surface area contributed by atoms with Crippen molar-refractivity contribution in [2.45, 2.75) is 45.3 Å². The first-order valence-corrected chi connectivity index (χ1v) is 5.90. The summed E-state index contributed by atoms with van der Waals surface area (Å²) in [4.78, 5) is 0. The summed E-state index contributed by atoms with van der Waals surface area (Å²) in [7, 11) is -3.28. The van der Waals surface area contributed by atoms with Gasteiger partial charge >= 0.3 is 0 Å². The third kappa shape index (κ3) is 4.07. The standard InChI is InChI=1S/C8H18O3S/c1-4-6-7-11-12(9,10)8(3)5-2/h8H,4-7H2,1-3H3. The second-order valence-corrected chi connectivity index (χ2v) is 4.91. The van der Waals surface area contributed by atoms with Gasteiger partial charge in [0.1, 0.15) is 0 Å². The van der Waals surface area contributed by atoms with Crippen LogP contribution in [0.25, 0.3) is 0 Å². The summed E-state index contributed by atoms with van der Waals surface area (Å²) >= 11 is 0. The lowest BCUT2D eigenvalue weighted by atomic mass is 10.4. The quantitative estimate of drug-likeness (QED) is 0.479. The summed E-state index contributed by atoms with van der Waals surface area (Å²) in [5.41, 5.74) is 0. The van der Waals surface area contributed by atoms with Gasteiger partial charge in [0.25, 0.3) is 10.1 Å². The zero-order valence-electron chi connectivity index (χ0n) is 8.04. The minimum Gasteiger partial charge on any atom is -0.270 e. The maximum atomic E-state index is 11.2. The molecule has 0 aromatic rings. The van der Waals surface area contributed by atoms with Gasteiger partial charge < -0.3 is 0 Å². The van der Waals surface area contributed by atoms with E-state index in [2.05, 4.69) is 0 Å². The summed E-state index contributed by atoms with van der Waals surface area (Å²) < 4.78 is 27.2. The molecule has 0 saturated heterocycles. The molecule has 0 spiro atoms. The highest BCUT2D eigenvalue weighted by molar-refractivity contribution is 7.87. The van der Waals surface area contributed by atoms with Crippen molar-refractivity contribution in [1.82, 2.24) is 0 Å². The molecule has 0 bridgehead atoms. The van der Waals surface area contributed by atoms with Crippen LogP contribution in [0.5, 0.6) is 0 Å².